The molecular weight excluding hydrogens is 430 g/mol. The van der Waals surface area contributed by atoms with E-state index in [4.69, 9.17) is 21.1 Å². The monoisotopic (exact) mass is 461 g/mol. The van der Waals surface area contributed by atoms with Crippen LogP contribution >= 0.6 is 11.6 Å². The van der Waals surface area contributed by atoms with Crippen molar-refractivity contribution in [3.8, 4) is 5.75 Å². The van der Waals surface area contributed by atoms with E-state index in [9.17, 15) is 14.7 Å². The molecule has 1 aliphatic carbocycles. The molecule has 3 rings (SSSR count). The van der Waals surface area contributed by atoms with Crippen molar-refractivity contribution in [2.24, 2.45) is 11.8 Å². The van der Waals surface area contributed by atoms with Gasteiger partial charge in [-0.15, -0.1) is 0 Å². The summed E-state index contributed by atoms with van der Waals surface area (Å²) in [5, 5.41) is 9.54. The van der Waals surface area contributed by atoms with Gasteiger partial charge in [-0.1, -0.05) is 36.4 Å². The Kier molecular flexibility index (Phi) is 8.24. The summed E-state index contributed by atoms with van der Waals surface area (Å²) in [6.07, 6.45) is 6.71. The normalized spacial score (nSPS) is 24.8. The number of esters is 1. The number of nitrogens with zero attached hydrogens (tertiary/aromatic N) is 1. The molecule has 1 aromatic rings. The maximum absolute atomic E-state index is 11.6. The second-order valence-electron chi connectivity index (χ2n) is 8.68. The number of carbonyl (C=O) groups is 2. The van der Waals surface area contributed by atoms with Gasteiger partial charge >= 0.3 is 11.9 Å². The number of hydrogen-bond donors (Lipinski definition) is 1. The molecule has 7 heteroatoms. The molecule has 1 fully saturated rings. The Hall–Kier alpha value is -2.47. The van der Waals surface area contributed by atoms with Crippen molar-refractivity contribution in [1.29, 1.82) is 0 Å². The van der Waals surface area contributed by atoms with Gasteiger partial charge in [0.15, 0.2) is 5.56 Å². The molecule has 6 nitrogen and oxygen atoms in total. The fraction of sp³-hybridized carbons (Fsp3) is 0.520. The van der Waals surface area contributed by atoms with Gasteiger partial charge in [0.2, 0.25) is 0 Å². The van der Waals surface area contributed by atoms with Crippen LogP contribution in [-0.2, 0) is 9.53 Å². The lowest BCUT2D eigenvalue weighted by atomic mass is 9.70. The molecule has 4 atom stereocenters. The van der Waals surface area contributed by atoms with Gasteiger partial charge in [-0.3, -0.25) is 4.79 Å². The first-order chi connectivity index (χ1) is 15.3. The molecule has 0 radical (unpaired) electrons. The number of anilines is 1. The van der Waals surface area contributed by atoms with Gasteiger partial charge in [-0.25, -0.2) is 4.79 Å². The van der Waals surface area contributed by atoms with E-state index in [0.717, 1.165) is 49.9 Å². The highest BCUT2D eigenvalue weighted by molar-refractivity contribution is 6.20. The first-order valence-electron chi connectivity index (χ1n) is 11.2. The predicted molar refractivity (Wildman–Crippen MR) is 125 cm³/mol. The topological polar surface area (TPSA) is 76.1 Å². The maximum Gasteiger partial charge on any atom is 0.335 e. The van der Waals surface area contributed by atoms with E-state index in [-0.39, 0.29) is 23.6 Å². The zero-order valence-corrected chi connectivity index (χ0v) is 19.4. The molecule has 1 N–H and O–H groups in total. The van der Waals surface area contributed by atoms with Gasteiger partial charge < -0.3 is 19.5 Å². The lowest BCUT2D eigenvalue weighted by molar-refractivity contribution is -0.149. The van der Waals surface area contributed by atoms with Crippen LogP contribution in [0.25, 0.3) is 0 Å². The molecule has 0 bridgehead atoms. The lowest BCUT2D eigenvalue weighted by Crippen LogP contribution is -2.44. The Morgan fingerprint density at radius 2 is 2.16 bits per heavy atom. The largest absolute Gasteiger partial charge is 0.478 e. The third-order valence-corrected chi connectivity index (χ3v) is 6.59. The van der Waals surface area contributed by atoms with Gasteiger partial charge in [-0.2, -0.15) is 0 Å². The Labute approximate surface area is 194 Å². The fourth-order valence-corrected chi connectivity index (χ4v) is 4.85. The third kappa shape index (κ3) is 6.06. The van der Waals surface area contributed by atoms with Crippen LogP contribution in [0.2, 0.25) is 0 Å². The van der Waals surface area contributed by atoms with Gasteiger partial charge in [0.25, 0.3) is 0 Å². The summed E-state index contributed by atoms with van der Waals surface area (Å²) in [6.45, 7) is 10.8. The highest BCUT2D eigenvalue weighted by Gasteiger charge is 2.38. The summed E-state index contributed by atoms with van der Waals surface area (Å²) >= 11 is 6.44. The molecule has 1 aromatic carbocycles. The van der Waals surface area contributed by atoms with Gasteiger partial charge in [0.1, 0.15) is 11.9 Å². The SMILES string of the molecule is C=C[C@H](OC(C)=O)C1CCC1CN1CCCCC(=C)CC(Cl)Oc2ccc(C(=O)O)cc21. The number of carboxylic acids is 1. The molecule has 0 spiro atoms. The van der Waals surface area contributed by atoms with Crippen molar-refractivity contribution >= 4 is 29.2 Å². The van der Waals surface area contributed by atoms with Crippen LogP contribution in [0.5, 0.6) is 5.75 Å². The Balaban J connectivity index is 1.89. The number of benzene rings is 1. The minimum Gasteiger partial charge on any atom is -0.478 e. The van der Waals surface area contributed by atoms with E-state index in [1.165, 1.54) is 13.0 Å². The zero-order chi connectivity index (χ0) is 23.3. The quantitative estimate of drug-likeness (QED) is 0.347. The average Bonchev–Trinajstić information content (AvgIpc) is 2.73. The molecule has 0 saturated heterocycles. The number of ether oxygens (including phenoxy) is 2. The highest BCUT2D eigenvalue weighted by atomic mass is 35.5. The molecule has 2 aliphatic rings. The molecular formula is C25H32ClNO5. The molecule has 1 heterocycles. The van der Waals surface area contributed by atoms with Gasteiger partial charge in [-0.05, 0) is 56.2 Å². The second kappa shape index (κ2) is 10.9. The standard InChI is InChI=1S/C25H32ClNO5/c1-4-22(31-17(3)28)20-10-8-19(20)15-27-12-6-5-7-16(2)13-24(26)32-23-11-9-18(25(29)30)14-21(23)27/h4,9,11,14,19-20,22,24H,1-2,5-8,10,12-13,15H2,3H3,(H,29,30)/t19?,20?,22-,24?/m0/s1. The maximum atomic E-state index is 11.6. The summed E-state index contributed by atoms with van der Waals surface area (Å²) in [6, 6.07) is 4.89. The summed E-state index contributed by atoms with van der Waals surface area (Å²) in [7, 11) is 0. The number of carboxylic acid groups (broad SMARTS) is 1. The second-order valence-corrected chi connectivity index (χ2v) is 9.17. The van der Waals surface area contributed by atoms with Crippen LogP contribution in [0.1, 0.15) is 55.8 Å². The Morgan fingerprint density at radius 3 is 2.78 bits per heavy atom. The third-order valence-electron chi connectivity index (χ3n) is 6.35. The highest BCUT2D eigenvalue weighted by Crippen LogP contribution is 2.41. The smallest absolute Gasteiger partial charge is 0.335 e. The number of alkyl halides is 1. The van der Waals surface area contributed by atoms with Gasteiger partial charge in [0, 0.05) is 32.4 Å². The molecule has 32 heavy (non-hydrogen) atoms. The molecule has 1 aliphatic heterocycles. The van der Waals surface area contributed by atoms with Crippen molar-refractivity contribution in [1.82, 2.24) is 0 Å². The zero-order valence-electron chi connectivity index (χ0n) is 18.6. The van der Waals surface area contributed by atoms with E-state index in [1.54, 1.807) is 18.2 Å². The van der Waals surface area contributed by atoms with Crippen LogP contribution in [-0.4, -0.2) is 41.8 Å². The van der Waals surface area contributed by atoms with Crippen molar-refractivity contribution in [2.75, 3.05) is 18.0 Å². The molecule has 3 unspecified atom stereocenters. The Bertz CT molecular complexity index is 870. The predicted octanol–water partition coefficient (Wildman–Crippen LogP) is 5.41. The van der Waals surface area contributed by atoms with E-state index < -0.39 is 11.5 Å². The van der Waals surface area contributed by atoms with E-state index in [0.29, 0.717) is 24.6 Å². The van der Waals surface area contributed by atoms with Crippen LogP contribution < -0.4 is 9.64 Å². The number of carbonyl (C=O) groups excluding carboxylic acids is 1. The van der Waals surface area contributed by atoms with Crippen molar-refractivity contribution in [2.45, 2.75) is 57.1 Å². The molecule has 0 amide bonds. The minimum atomic E-state index is -0.985. The number of rotatable bonds is 6. The summed E-state index contributed by atoms with van der Waals surface area (Å²) < 4.78 is 11.5. The van der Waals surface area contributed by atoms with Crippen molar-refractivity contribution in [3.63, 3.8) is 0 Å². The Morgan fingerprint density at radius 1 is 1.38 bits per heavy atom. The molecule has 1 saturated carbocycles. The van der Waals surface area contributed by atoms with E-state index >= 15 is 0 Å². The minimum absolute atomic E-state index is 0.196. The van der Waals surface area contributed by atoms with Crippen LogP contribution in [0.15, 0.2) is 43.0 Å². The first-order valence-corrected chi connectivity index (χ1v) is 11.6. The van der Waals surface area contributed by atoms with Crippen LogP contribution in [0.4, 0.5) is 5.69 Å². The van der Waals surface area contributed by atoms with Crippen LogP contribution in [0.3, 0.4) is 0 Å². The van der Waals surface area contributed by atoms with Gasteiger partial charge in [0.05, 0.1) is 11.3 Å². The fourth-order valence-electron chi connectivity index (χ4n) is 4.53. The number of halogens is 1. The summed E-state index contributed by atoms with van der Waals surface area (Å²) in [4.78, 5) is 25.3. The van der Waals surface area contributed by atoms with Crippen molar-refractivity contribution in [3.05, 3.63) is 48.6 Å². The lowest BCUT2D eigenvalue weighted by Gasteiger charge is -2.43. The average molecular weight is 462 g/mol. The summed E-state index contributed by atoms with van der Waals surface area (Å²) in [5.41, 5.74) is 1.42. The van der Waals surface area contributed by atoms with E-state index in [2.05, 4.69) is 18.1 Å². The van der Waals surface area contributed by atoms with Crippen LogP contribution in [0, 0.1) is 11.8 Å². The van der Waals surface area contributed by atoms with E-state index in [1.807, 2.05) is 0 Å². The molecule has 0 aromatic heterocycles. The number of aromatic carboxylic acids is 1. The molecule has 174 valence electrons. The first kappa shape index (κ1) is 24.2. The number of fused-ring (bicyclic) bond motifs is 1. The summed E-state index contributed by atoms with van der Waals surface area (Å²) in [5.74, 6) is -0.233. The van der Waals surface area contributed by atoms with Crippen molar-refractivity contribution < 1.29 is 24.2 Å². The number of hydrogen-bond acceptors (Lipinski definition) is 5.